The molecule has 0 spiro atoms. The molecule has 1 heterocycles. The number of nitrogens with two attached hydrogens (primary N) is 1. The molecule has 3 N–H and O–H groups in total. The minimum absolute atomic E-state index is 0.0321. The molecule has 0 radical (unpaired) electrons. The third kappa shape index (κ3) is 5.52. The lowest BCUT2D eigenvalue weighted by Crippen LogP contribution is -2.14. The van der Waals surface area contributed by atoms with E-state index in [0.29, 0.717) is 10.6 Å². The lowest BCUT2D eigenvalue weighted by molar-refractivity contribution is -0.138. The van der Waals surface area contributed by atoms with Crippen LogP contribution in [0.25, 0.3) is 5.57 Å². The number of benzene rings is 2. The van der Waals surface area contributed by atoms with Crippen molar-refractivity contribution in [3.63, 3.8) is 0 Å². The highest BCUT2D eigenvalue weighted by Crippen LogP contribution is 2.39. The highest BCUT2D eigenvalue weighted by Gasteiger charge is 2.35. The summed E-state index contributed by atoms with van der Waals surface area (Å²) in [7, 11) is 0. The van der Waals surface area contributed by atoms with Crippen LogP contribution in [0.2, 0.25) is 0 Å². The lowest BCUT2D eigenvalue weighted by Gasteiger charge is -2.15. The van der Waals surface area contributed by atoms with Gasteiger partial charge in [0.15, 0.2) is 0 Å². The molecule has 31 heavy (non-hydrogen) atoms. The third-order valence-electron chi connectivity index (χ3n) is 4.02. The monoisotopic (exact) mass is 445 g/mol. The van der Waals surface area contributed by atoms with E-state index in [2.05, 4.69) is 10.3 Å². The Morgan fingerprint density at radius 1 is 1.19 bits per heavy atom. The molecular weight excluding hydrogens is 427 g/mol. The predicted molar refractivity (Wildman–Crippen MR) is 115 cm³/mol. The Kier molecular flexibility index (Phi) is 6.76. The molecule has 0 aliphatic carbocycles. The van der Waals surface area contributed by atoms with Crippen LogP contribution in [0.5, 0.6) is 11.5 Å². The molecule has 0 aliphatic heterocycles. The fourth-order valence-corrected chi connectivity index (χ4v) is 3.42. The molecule has 1 aromatic heterocycles. The second-order valence-electron chi connectivity index (χ2n) is 6.24. The van der Waals surface area contributed by atoms with Crippen LogP contribution in [0.1, 0.15) is 28.0 Å². The number of anilines is 1. The zero-order valence-electron chi connectivity index (χ0n) is 16.3. The van der Waals surface area contributed by atoms with E-state index in [9.17, 15) is 18.0 Å². The first-order valence-corrected chi connectivity index (χ1v) is 9.95. The van der Waals surface area contributed by atoms with Gasteiger partial charge in [0.1, 0.15) is 27.8 Å². The van der Waals surface area contributed by atoms with Crippen LogP contribution in [0.4, 0.5) is 18.9 Å². The van der Waals surface area contributed by atoms with Crippen molar-refractivity contribution in [2.24, 2.45) is 5.73 Å². The van der Waals surface area contributed by atoms with Gasteiger partial charge < -0.3 is 15.8 Å². The fraction of sp³-hybridized carbons (Fsp3) is 0.0909. The number of para-hydroxylation sites is 1. The van der Waals surface area contributed by atoms with E-state index < -0.39 is 17.6 Å². The number of aromatic nitrogens is 1. The van der Waals surface area contributed by atoms with E-state index in [1.165, 1.54) is 35.0 Å². The van der Waals surface area contributed by atoms with Gasteiger partial charge in [-0.15, -0.1) is 11.3 Å². The van der Waals surface area contributed by atoms with Gasteiger partial charge in [0.25, 0.3) is 5.91 Å². The lowest BCUT2D eigenvalue weighted by atomic mass is 10.1. The van der Waals surface area contributed by atoms with Crippen molar-refractivity contribution in [3.05, 3.63) is 88.5 Å². The van der Waals surface area contributed by atoms with E-state index in [-0.39, 0.29) is 22.9 Å². The molecule has 160 valence electrons. The Morgan fingerprint density at radius 2 is 1.94 bits per heavy atom. The Labute approximate surface area is 180 Å². The second kappa shape index (κ2) is 9.48. The summed E-state index contributed by atoms with van der Waals surface area (Å²) in [5.41, 5.74) is 5.23. The van der Waals surface area contributed by atoms with Crippen LogP contribution in [-0.2, 0) is 6.18 Å². The maximum absolute atomic E-state index is 13.6. The number of allylic oxidation sites excluding steroid dienone is 3. The summed E-state index contributed by atoms with van der Waals surface area (Å²) >= 11 is 1.20. The number of alkyl halides is 3. The number of thiazole rings is 1. The summed E-state index contributed by atoms with van der Waals surface area (Å²) in [6.07, 6.45) is 0.201. The summed E-state index contributed by atoms with van der Waals surface area (Å²) in [4.78, 5) is 16.7. The Balaban J connectivity index is 1.83. The van der Waals surface area contributed by atoms with Crippen molar-refractivity contribution in [3.8, 4) is 11.5 Å². The molecule has 0 bridgehead atoms. The van der Waals surface area contributed by atoms with Gasteiger partial charge in [-0.1, -0.05) is 30.4 Å². The molecule has 9 heteroatoms. The molecule has 0 unspecified atom stereocenters. The molecule has 2 aromatic carbocycles. The smallest absolute Gasteiger partial charge is 0.420 e. The SMILES string of the molecule is C/C=C\C(=C/N)c1nc(C(=O)Nc2ccc(Oc3ccccc3)c(C(F)(F)F)c2)cs1. The summed E-state index contributed by atoms with van der Waals surface area (Å²) < 4.78 is 46.1. The molecule has 3 aromatic rings. The van der Waals surface area contributed by atoms with Crippen molar-refractivity contribution >= 4 is 28.5 Å². The molecule has 0 aliphatic rings. The zero-order valence-corrected chi connectivity index (χ0v) is 17.1. The minimum atomic E-state index is -4.67. The van der Waals surface area contributed by atoms with Crippen molar-refractivity contribution < 1.29 is 22.7 Å². The largest absolute Gasteiger partial charge is 0.457 e. The Morgan fingerprint density at radius 3 is 2.58 bits per heavy atom. The molecule has 0 fully saturated rings. The number of hydrogen-bond donors (Lipinski definition) is 2. The standard InChI is InChI=1S/C22H18F3N3O2S/c1-2-6-14(12-26)21-28-18(13-31-21)20(29)27-15-9-10-19(17(11-15)22(23,24)25)30-16-7-4-3-5-8-16/h2-13H,26H2,1H3,(H,27,29)/b6-2-,14-12+. The Hall–Kier alpha value is -3.59. The number of carbonyl (C=O) groups is 1. The van der Waals surface area contributed by atoms with Crippen LogP contribution < -0.4 is 15.8 Å². The van der Waals surface area contributed by atoms with Gasteiger partial charge in [-0.05, 0) is 37.3 Å². The summed E-state index contributed by atoms with van der Waals surface area (Å²) in [6.45, 7) is 1.81. The van der Waals surface area contributed by atoms with Gasteiger partial charge in [-0.2, -0.15) is 13.2 Å². The average molecular weight is 445 g/mol. The first-order valence-electron chi connectivity index (χ1n) is 9.08. The van der Waals surface area contributed by atoms with Gasteiger partial charge in [-0.3, -0.25) is 4.79 Å². The number of carbonyl (C=O) groups excluding carboxylic acids is 1. The number of rotatable bonds is 6. The van der Waals surface area contributed by atoms with Crippen LogP contribution in [0, 0.1) is 0 Å². The van der Waals surface area contributed by atoms with Gasteiger partial charge in [0.05, 0.1) is 0 Å². The van der Waals surface area contributed by atoms with Crippen LogP contribution in [-0.4, -0.2) is 10.9 Å². The molecule has 0 atom stereocenters. The number of nitrogens with one attached hydrogen (secondary N) is 1. The topological polar surface area (TPSA) is 77.2 Å². The predicted octanol–water partition coefficient (Wildman–Crippen LogP) is 6.08. The van der Waals surface area contributed by atoms with E-state index >= 15 is 0 Å². The maximum Gasteiger partial charge on any atom is 0.420 e. The summed E-state index contributed by atoms with van der Waals surface area (Å²) in [5, 5.41) is 4.48. The number of ether oxygens (including phenoxy) is 1. The van der Waals surface area contributed by atoms with Crippen molar-refractivity contribution in [2.75, 3.05) is 5.32 Å². The second-order valence-corrected chi connectivity index (χ2v) is 7.10. The first kappa shape index (κ1) is 22.1. The quantitative estimate of drug-likeness (QED) is 0.451. The van der Waals surface area contributed by atoms with Crippen molar-refractivity contribution in [1.29, 1.82) is 0 Å². The van der Waals surface area contributed by atoms with Crippen molar-refractivity contribution in [2.45, 2.75) is 13.1 Å². The number of hydrogen-bond acceptors (Lipinski definition) is 5. The van der Waals surface area contributed by atoms with Gasteiger partial charge >= 0.3 is 6.18 Å². The number of halogens is 3. The zero-order chi connectivity index (χ0) is 22.4. The fourth-order valence-electron chi connectivity index (χ4n) is 2.62. The third-order valence-corrected chi connectivity index (χ3v) is 4.91. The molecule has 0 saturated heterocycles. The van der Waals surface area contributed by atoms with E-state index in [4.69, 9.17) is 10.5 Å². The van der Waals surface area contributed by atoms with E-state index in [1.807, 2.05) is 6.92 Å². The summed E-state index contributed by atoms with van der Waals surface area (Å²) in [6, 6.07) is 11.5. The molecule has 3 rings (SSSR count). The van der Waals surface area contributed by atoms with Crippen LogP contribution in [0.3, 0.4) is 0 Å². The minimum Gasteiger partial charge on any atom is -0.457 e. The highest BCUT2D eigenvalue weighted by atomic mass is 32.1. The maximum atomic E-state index is 13.6. The molecule has 5 nitrogen and oxygen atoms in total. The molecule has 0 saturated carbocycles. The number of amides is 1. The first-order chi connectivity index (χ1) is 14.8. The van der Waals surface area contributed by atoms with E-state index in [1.54, 1.807) is 42.5 Å². The Bertz CT molecular complexity index is 1120. The van der Waals surface area contributed by atoms with Gasteiger partial charge in [0.2, 0.25) is 0 Å². The highest BCUT2D eigenvalue weighted by molar-refractivity contribution is 7.11. The van der Waals surface area contributed by atoms with Gasteiger partial charge in [0, 0.05) is 22.8 Å². The van der Waals surface area contributed by atoms with E-state index in [0.717, 1.165) is 6.07 Å². The van der Waals surface area contributed by atoms with Crippen LogP contribution >= 0.6 is 11.3 Å². The normalized spacial score (nSPS) is 12.2. The number of nitrogens with zero attached hydrogens (tertiary/aromatic N) is 1. The average Bonchev–Trinajstić information content (AvgIpc) is 3.23. The summed E-state index contributed by atoms with van der Waals surface area (Å²) in [5.74, 6) is -0.731. The van der Waals surface area contributed by atoms with Crippen molar-refractivity contribution in [1.82, 2.24) is 4.98 Å². The molecule has 1 amide bonds. The van der Waals surface area contributed by atoms with Crippen LogP contribution in [0.15, 0.2) is 72.3 Å². The van der Waals surface area contributed by atoms with Gasteiger partial charge in [-0.25, -0.2) is 4.98 Å². The molecular formula is C22H18F3N3O2S.